The number of esters is 1. The Labute approximate surface area is 139 Å². The second-order valence-corrected chi connectivity index (χ2v) is 4.57. The first-order valence-corrected chi connectivity index (χ1v) is 6.84. The van der Waals surface area contributed by atoms with E-state index < -0.39 is 35.5 Å². The topological polar surface area (TPSA) is 64.6 Å². The standard InChI is InChI=1S/C15H14F5NO4/c1-3-25-13(22)12(21-14(23)15(18,19)20)9(7-16)8-4-5-10(17)11(6-8)24-2/h4-7,12H,3H2,1-2H3,(H,21,23)/b9-7+. The van der Waals surface area contributed by atoms with E-state index in [-0.39, 0.29) is 24.2 Å². The Morgan fingerprint density at radius 2 is 1.96 bits per heavy atom. The molecule has 138 valence electrons. The highest BCUT2D eigenvalue weighted by molar-refractivity contribution is 5.97. The maximum absolute atomic E-state index is 13.4. The van der Waals surface area contributed by atoms with Gasteiger partial charge in [-0.3, -0.25) is 4.79 Å². The van der Waals surface area contributed by atoms with Crippen molar-refractivity contribution in [3.63, 3.8) is 0 Å². The van der Waals surface area contributed by atoms with E-state index in [2.05, 4.69) is 4.74 Å². The highest BCUT2D eigenvalue weighted by Crippen LogP contribution is 2.27. The monoisotopic (exact) mass is 367 g/mol. The molecule has 0 aromatic heterocycles. The van der Waals surface area contributed by atoms with E-state index in [9.17, 15) is 31.5 Å². The van der Waals surface area contributed by atoms with Crippen molar-refractivity contribution in [2.24, 2.45) is 0 Å². The van der Waals surface area contributed by atoms with E-state index >= 15 is 0 Å². The van der Waals surface area contributed by atoms with Gasteiger partial charge in [-0.1, -0.05) is 6.07 Å². The second kappa shape index (κ2) is 8.45. The van der Waals surface area contributed by atoms with Gasteiger partial charge in [0.15, 0.2) is 17.6 Å². The minimum atomic E-state index is -5.30. The normalized spacial score (nSPS) is 13.2. The molecule has 1 N–H and O–H groups in total. The molecule has 25 heavy (non-hydrogen) atoms. The third-order valence-electron chi connectivity index (χ3n) is 2.97. The molecule has 1 aromatic carbocycles. The van der Waals surface area contributed by atoms with Crippen molar-refractivity contribution in [3.8, 4) is 5.75 Å². The number of amides is 1. The van der Waals surface area contributed by atoms with Gasteiger partial charge in [0, 0.05) is 5.57 Å². The number of alkyl halides is 3. The summed E-state index contributed by atoms with van der Waals surface area (Å²) in [6, 6.07) is 0.752. The molecule has 1 aromatic rings. The average molecular weight is 367 g/mol. The van der Waals surface area contributed by atoms with Crippen LogP contribution in [-0.2, 0) is 14.3 Å². The van der Waals surface area contributed by atoms with Crippen molar-refractivity contribution < 1.29 is 41.0 Å². The Balaban J connectivity index is 3.30. The number of hydrogen-bond acceptors (Lipinski definition) is 4. The summed E-state index contributed by atoms with van der Waals surface area (Å²) in [6.07, 6.45) is -5.47. The predicted octanol–water partition coefficient (Wildman–Crippen LogP) is 2.75. The number of ether oxygens (including phenoxy) is 2. The molecular weight excluding hydrogens is 353 g/mol. The molecule has 0 bridgehead atoms. The molecule has 0 aliphatic carbocycles. The molecule has 0 aliphatic heterocycles. The summed E-state index contributed by atoms with van der Waals surface area (Å²) >= 11 is 0. The molecule has 1 atom stereocenters. The third kappa shape index (κ3) is 5.16. The molecule has 5 nitrogen and oxygen atoms in total. The summed E-state index contributed by atoms with van der Waals surface area (Å²) in [4.78, 5) is 23.0. The quantitative estimate of drug-likeness (QED) is 0.620. The number of halogens is 5. The molecule has 0 heterocycles. The van der Waals surface area contributed by atoms with Crippen molar-refractivity contribution in [1.82, 2.24) is 5.32 Å². The molecule has 0 fully saturated rings. The summed E-state index contributed by atoms with van der Waals surface area (Å²) in [7, 11) is 1.12. The van der Waals surface area contributed by atoms with Crippen LogP contribution in [0.1, 0.15) is 12.5 Å². The number of hydrogen-bond donors (Lipinski definition) is 1. The van der Waals surface area contributed by atoms with Crippen LogP contribution >= 0.6 is 0 Å². The lowest BCUT2D eigenvalue weighted by molar-refractivity contribution is -0.175. The van der Waals surface area contributed by atoms with Gasteiger partial charge < -0.3 is 14.8 Å². The number of nitrogens with one attached hydrogen (secondary N) is 1. The Bertz CT molecular complexity index is 672. The van der Waals surface area contributed by atoms with Crippen molar-refractivity contribution >= 4 is 17.4 Å². The van der Waals surface area contributed by atoms with Gasteiger partial charge in [-0.05, 0) is 24.6 Å². The minimum absolute atomic E-state index is 0.176. The zero-order valence-corrected chi connectivity index (χ0v) is 13.1. The molecule has 0 aliphatic rings. The first-order chi connectivity index (χ1) is 11.6. The Hall–Kier alpha value is -2.65. The van der Waals surface area contributed by atoms with Gasteiger partial charge in [-0.25, -0.2) is 13.6 Å². The third-order valence-corrected chi connectivity index (χ3v) is 2.97. The molecule has 0 saturated heterocycles. The van der Waals surface area contributed by atoms with Gasteiger partial charge in [-0.15, -0.1) is 0 Å². The van der Waals surface area contributed by atoms with Crippen LogP contribution in [0.15, 0.2) is 24.5 Å². The summed E-state index contributed by atoms with van der Waals surface area (Å²) in [5, 5.41) is 1.36. The molecule has 0 radical (unpaired) electrons. The lowest BCUT2D eigenvalue weighted by Gasteiger charge is -2.21. The van der Waals surface area contributed by atoms with Gasteiger partial charge in [0.05, 0.1) is 20.0 Å². The lowest BCUT2D eigenvalue weighted by atomic mass is 9.99. The summed E-state index contributed by atoms with van der Waals surface area (Å²) in [5.74, 6) is -4.91. The molecule has 0 saturated carbocycles. The molecule has 10 heteroatoms. The number of carbonyl (C=O) groups excluding carboxylic acids is 2. The smallest absolute Gasteiger partial charge is 0.471 e. The van der Waals surface area contributed by atoms with Crippen LogP contribution in [0.5, 0.6) is 5.75 Å². The van der Waals surface area contributed by atoms with Crippen LogP contribution in [0.4, 0.5) is 22.0 Å². The lowest BCUT2D eigenvalue weighted by Crippen LogP contribution is -2.48. The van der Waals surface area contributed by atoms with Crippen molar-refractivity contribution in [3.05, 3.63) is 35.9 Å². The minimum Gasteiger partial charge on any atom is -0.494 e. The molecule has 0 spiro atoms. The Morgan fingerprint density at radius 3 is 2.44 bits per heavy atom. The fraction of sp³-hybridized carbons (Fsp3) is 0.333. The zero-order chi connectivity index (χ0) is 19.2. The molecular formula is C15H14F5NO4. The Morgan fingerprint density at radius 1 is 1.32 bits per heavy atom. The predicted molar refractivity (Wildman–Crippen MR) is 76.7 cm³/mol. The fourth-order valence-electron chi connectivity index (χ4n) is 1.83. The van der Waals surface area contributed by atoms with E-state index in [1.54, 1.807) is 0 Å². The number of methoxy groups -OCH3 is 1. The molecule has 1 unspecified atom stereocenters. The number of carbonyl (C=O) groups is 2. The van der Waals surface area contributed by atoms with Crippen LogP contribution in [0, 0.1) is 5.82 Å². The second-order valence-electron chi connectivity index (χ2n) is 4.57. The maximum Gasteiger partial charge on any atom is 0.471 e. The SMILES string of the molecule is CCOC(=O)C(NC(=O)C(F)(F)F)/C(=C/F)c1ccc(F)c(OC)c1. The van der Waals surface area contributed by atoms with Crippen LogP contribution < -0.4 is 10.1 Å². The van der Waals surface area contributed by atoms with E-state index in [1.165, 1.54) is 12.2 Å². The van der Waals surface area contributed by atoms with E-state index in [1.807, 2.05) is 0 Å². The van der Waals surface area contributed by atoms with Gasteiger partial charge in [0.1, 0.15) is 0 Å². The van der Waals surface area contributed by atoms with E-state index in [4.69, 9.17) is 4.74 Å². The Kier molecular flexibility index (Phi) is 6.89. The maximum atomic E-state index is 13.4. The van der Waals surface area contributed by atoms with Gasteiger partial charge >= 0.3 is 18.1 Å². The highest BCUT2D eigenvalue weighted by atomic mass is 19.4. The first-order valence-electron chi connectivity index (χ1n) is 6.84. The van der Waals surface area contributed by atoms with E-state index in [0.717, 1.165) is 25.3 Å². The van der Waals surface area contributed by atoms with Crippen molar-refractivity contribution in [1.29, 1.82) is 0 Å². The van der Waals surface area contributed by atoms with E-state index in [0.29, 0.717) is 0 Å². The molecule has 1 rings (SSSR count). The van der Waals surface area contributed by atoms with Gasteiger partial charge in [-0.2, -0.15) is 13.2 Å². The van der Waals surface area contributed by atoms with Gasteiger partial charge in [0.2, 0.25) is 0 Å². The number of benzene rings is 1. The van der Waals surface area contributed by atoms with Crippen LogP contribution in [0.3, 0.4) is 0 Å². The largest absolute Gasteiger partial charge is 0.494 e. The fourth-order valence-corrected chi connectivity index (χ4v) is 1.83. The summed E-state index contributed by atoms with van der Waals surface area (Å²) < 4.78 is 73.4. The van der Waals surface area contributed by atoms with Gasteiger partial charge in [0.25, 0.3) is 0 Å². The van der Waals surface area contributed by atoms with Crippen molar-refractivity contribution in [2.45, 2.75) is 19.1 Å². The summed E-state index contributed by atoms with van der Waals surface area (Å²) in [5.41, 5.74) is -0.837. The van der Waals surface area contributed by atoms with Crippen LogP contribution in [0.25, 0.3) is 5.57 Å². The highest BCUT2D eigenvalue weighted by Gasteiger charge is 2.42. The average Bonchev–Trinajstić information content (AvgIpc) is 2.54. The first kappa shape index (κ1) is 20.4. The van der Waals surface area contributed by atoms with Crippen LogP contribution in [0.2, 0.25) is 0 Å². The zero-order valence-electron chi connectivity index (χ0n) is 13.1. The molecule has 1 amide bonds. The van der Waals surface area contributed by atoms with Crippen LogP contribution in [-0.4, -0.2) is 37.8 Å². The summed E-state index contributed by atoms with van der Waals surface area (Å²) in [6.45, 7) is 1.16. The number of rotatable bonds is 6. The van der Waals surface area contributed by atoms with Crippen molar-refractivity contribution in [2.75, 3.05) is 13.7 Å².